The van der Waals surface area contributed by atoms with Gasteiger partial charge in [0.15, 0.2) is 0 Å². The van der Waals surface area contributed by atoms with Crippen molar-refractivity contribution >= 4 is 5.91 Å². The van der Waals surface area contributed by atoms with E-state index in [2.05, 4.69) is 17.4 Å². The Balaban J connectivity index is 1.63. The summed E-state index contributed by atoms with van der Waals surface area (Å²) in [5.74, 6) is 0.875. The van der Waals surface area contributed by atoms with Crippen LogP contribution in [0.4, 0.5) is 0 Å². The van der Waals surface area contributed by atoms with E-state index in [9.17, 15) is 4.79 Å². The molecule has 0 aromatic heterocycles. The number of rotatable bonds is 5. The summed E-state index contributed by atoms with van der Waals surface area (Å²) in [4.78, 5) is 11.7. The van der Waals surface area contributed by atoms with Crippen LogP contribution in [-0.4, -0.2) is 12.5 Å². The van der Waals surface area contributed by atoms with Crippen molar-refractivity contribution in [3.63, 3.8) is 0 Å². The lowest BCUT2D eigenvalue weighted by Gasteiger charge is -2.09. The molecule has 1 N–H and O–H groups in total. The number of nitrogens with one attached hydrogen (secondary N) is 1. The van der Waals surface area contributed by atoms with Crippen molar-refractivity contribution in [2.24, 2.45) is 5.92 Å². The Bertz CT molecular complexity index is 341. The largest absolute Gasteiger partial charge is 0.356 e. The maximum absolute atomic E-state index is 11.7. The zero-order chi connectivity index (χ0) is 11.9. The Hall–Kier alpha value is -1.31. The molecule has 0 aliphatic heterocycles. The van der Waals surface area contributed by atoms with Crippen molar-refractivity contribution in [1.82, 2.24) is 5.32 Å². The van der Waals surface area contributed by atoms with Crippen LogP contribution in [0.1, 0.15) is 37.7 Å². The van der Waals surface area contributed by atoms with Gasteiger partial charge in [-0.05, 0) is 30.7 Å². The molecule has 0 saturated heterocycles. The summed E-state index contributed by atoms with van der Waals surface area (Å²) in [7, 11) is 0. The molecule has 1 aliphatic carbocycles. The van der Waals surface area contributed by atoms with Gasteiger partial charge in [0, 0.05) is 13.0 Å². The van der Waals surface area contributed by atoms with Crippen molar-refractivity contribution in [1.29, 1.82) is 0 Å². The van der Waals surface area contributed by atoms with E-state index in [0.717, 1.165) is 19.4 Å². The van der Waals surface area contributed by atoms with Crippen molar-refractivity contribution in [2.45, 2.75) is 38.5 Å². The van der Waals surface area contributed by atoms with Gasteiger partial charge in [-0.25, -0.2) is 0 Å². The fraction of sp³-hybridized carbons (Fsp3) is 0.533. The SMILES string of the molecule is O=C(CC1CCCC1)NCCc1ccccc1. The van der Waals surface area contributed by atoms with E-state index < -0.39 is 0 Å². The second kappa shape index (κ2) is 6.43. The summed E-state index contributed by atoms with van der Waals surface area (Å²) < 4.78 is 0. The van der Waals surface area contributed by atoms with Crippen molar-refractivity contribution in [3.05, 3.63) is 35.9 Å². The molecule has 0 spiro atoms. The number of benzene rings is 1. The van der Waals surface area contributed by atoms with Gasteiger partial charge in [0.2, 0.25) is 5.91 Å². The molecular weight excluding hydrogens is 210 g/mol. The minimum absolute atomic E-state index is 0.229. The van der Waals surface area contributed by atoms with E-state index in [4.69, 9.17) is 0 Å². The van der Waals surface area contributed by atoms with Gasteiger partial charge in [-0.1, -0.05) is 43.2 Å². The molecule has 0 radical (unpaired) electrons. The Kier molecular flexibility index (Phi) is 4.60. The molecule has 2 nitrogen and oxygen atoms in total. The molecule has 2 rings (SSSR count). The van der Waals surface area contributed by atoms with Crippen molar-refractivity contribution in [3.8, 4) is 0 Å². The highest BCUT2D eigenvalue weighted by molar-refractivity contribution is 5.76. The lowest BCUT2D eigenvalue weighted by molar-refractivity contribution is -0.121. The average molecular weight is 231 g/mol. The third kappa shape index (κ3) is 4.22. The lowest BCUT2D eigenvalue weighted by Crippen LogP contribution is -2.27. The van der Waals surface area contributed by atoms with Gasteiger partial charge in [0.05, 0.1) is 0 Å². The first-order valence-corrected chi connectivity index (χ1v) is 6.65. The standard InChI is InChI=1S/C15H21NO/c17-15(12-14-8-4-5-9-14)16-11-10-13-6-2-1-3-7-13/h1-3,6-7,14H,4-5,8-12H2,(H,16,17). The van der Waals surface area contributed by atoms with Gasteiger partial charge in [-0.2, -0.15) is 0 Å². The van der Waals surface area contributed by atoms with Crippen LogP contribution in [0, 0.1) is 5.92 Å². The van der Waals surface area contributed by atoms with E-state index in [0.29, 0.717) is 5.92 Å². The highest BCUT2D eigenvalue weighted by atomic mass is 16.1. The third-order valence-corrected chi connectivity index (χ3v) is 3.53. The zero-order valence-corrected chi connectivity index (χ0v) is 10.3. The Morgan fingerprint density at radius 1 is 1.18 bits per heavy atom. The van der Waals surface area contributed by atoms with Gasteiger partial charge >= 0.3 is 0 Å². The first kappa shape index (κ1) is 12.2. The van der Waals surface area contributed by atoms with Crippen molar-refractivity contribution < 1.29 is 4.79 Å². The van der Waals surface area contributed by atoms with Gasteiger partial charge in [-0.3, -0.25) is 4.79 Å². The summed E-state index contributed by atoms with van der Waals surface area (Å²) in [5, 5.41) is 3.02. The third-order valence-electron chi connectivity index (χ3n) is 3.53. The first-order chi connectivity index (χ1) is 8.34. The molecular formula is C15H21NO. The molecule has 0 unspecified atom stereocenters. The van der Waals surface area contributed by atoms with E-state index in [-0.39, 0.29) is 5.91 Å². The van der Waals surface area contributed by atoms with Crippen LogP contribution in [0.25, 0.3) is 0 Å². The molecule has 1 amide bonds. The first-order valence-electron chi connectivity index (χ1n) is 6.65. The molecule has 1 aliphatic rings. The summed E-state index contributed by atoms with van der Waals surface area (Å²) in [6.07, 6.45) is 6.76. The predicted molar refractivity (Wildman–Crippen MR) is 69.7 cm³/mol. The summed E-state index contributed by atoms with van der Waals surface area (Å²) in [5.41, 5.74) is 1.29. The normalized spacial score (nSPS) is 16.0. The molecule has 17 heavy (non-hydrogen) atoms. The zero-order valence-electron chi connectivity index (χ0n) is 10.3. The Labute approximate surface area is 103 Å². The monoisotopic (exact) mass is 231 g/mol. The molecule has 0 atom stereocenters. The van der Waals surface area contributed by atoms with Crippen molar-refractivity contribution in [2.75, 3.05) is 6.54 Å². The van der Waals surface area contributed by atoms with Gasteiger partial charge in [0.25, 0.3) is 0 Å². The quantitative estimate of drug-likeness (QED) is 0.829. The summed E-state index contributed by atoms with van der Waals surface area (Å²) >= 11 is 0. The van der Waals surface area contributed by atoms with Gasteiger partial charge in [-0.15, -0.1) is 0 Å². The smallest absolute Gasteiger partial charge is 0.220 e. The van der Waals surface area contributed by atoms with Crippen LogP contribution in [0.2, 0.25) is 0 Å². The predicted octanol–water partition coefficient (Wildman–Crippen LogP) is 2.93. The van der Waals surface area contributed by atoms with Crippen LogP contribution in [-0.2, 0) is 11.2 Å². The molecule has 1 aromatic carbocycles. The highest BCUT2D eigenvalue weighted by Crippen LogP contribution is 2.27. The molecule has 0 heterocycles. The van der Waals surface area contributed by atoms with E-state index >= 15 is 0 Å². The number of amides is 1. The molecule has 2 heteroatoms. The van der Waals surface area contributed by atoms with Crippen LogP contribution < -0.4 is 5.32 Å². The molecule has 1 fully saturated rings. The summed E-state index contributed by atoms with van der Waals surface area (Å²) in [6, 6.07) is 10.3. The Morgan fingerprint density at radius 2 is 1.88 bits per heavy atom. The number of carbonyl (C=O) groups excluding carboxylic acids is 1. The minimum atomic E-state index is 0.229. The van der Waals surface area contributed by atoms with Crippen LogP contribution in [0.3, 0.4) is 0 Å². The fourth-order valence-corrected chi connectivity index (χ4v) is 2.54. The Morgan fingerprint density at radius 3 is 2.59 bits per heavy atom. The average Bonchev–Trinajstić information content (AvgIpc) is 2.83. The second-order valence-corrected chi connectivity index (χ2v) is 4.94. The molecule has 1 aromatic rings. The maximum atomic E-state index is 11.7. The van der Waals surface area contributed by atoms with Crippen LogP contribution in [0.15, 0.2) is 30.3 Å². The van der Waals surface area contributed by atoms with Gasteiger partial charge < -0.3 is 5.32 Å². The summed E-state index contributed by atoms with van der Waals surface area (Å²) in [6.45, 7) is 0.759. The van der Waals surface area contributed by atoms with E-state index in [1.165, 1.54) is 31.2 Å². The topological polar surface area (TPSA) is 29.1 Å². The second-order valence-electron chi connectivity index (χ2n) is 4.94. The van der Waals surface area contributed by atoms with E-state index in [1.54, 1.807) is 0 Å². The van der Waals surface area contributed by atoms with Gasteiger partial charge in [0.1, 0.15) is 0 Å². The maximum Gasteiger partial charge on any atom is 0.220 e. The molecule has 92 valence electrons. The van der Waals surface area contributed by atoms with E-state index in [1.807, 2.05) is 18.2 Å². The number of carbonyl (C=O) groups is 1. The lowest BCUT2D eigenvalue weighted by atomic mass is 10.0. The van der Waals surface area contributed by atoms with Crippen LogP contribution in [0.5, 0.6) is 0 Å². The highest BCUT2D eigenvalue weighted by Gasteiger charge is 2.17. The minimum Gasteiger partial charge on any atom is -0.356 e. The number of hydrogen-bond donors (Lipinski definition) is 1. The fourth-order valence-electron chi connectivity index (χ4n) is 2.54. The number of hydrogen-bond acceptors (Lipinski definition) is 1. The molecule has 1 saturated carbocycles. The van der Waals surface area contributed by atoms with Crippen LogP contribution >= 0.6 is 0 Å². The molecule has 0 bridgehead atoms.